The van der Waals surface area contributed by atoms with E-state index in [-0.39, 0.29) is 17.0 Å². The van der Waals surface area contributed by atoms with Crippen LogP contribution in [0.5, 0.6) is 0 Å². The van der Waals surface area contributed by atoms with Crippen molar-refractivity contribution >= 4 is 15.7 Å². The van der Waals surface area contributed by atoms with Crippen LogP contribution in [-0.2, 0) is 14.8 Å². The molecule has 0 bridgehead atoms. The third kappa shape index (κ3) is 5.26. The van der Waals surface area contributed by atoms with E-state index in [0.717, 1.165) is 6.42 Å². The predicted octanol–water partition coefficient (Wildman–Crippen LogP) is 1.85. The zero-order valence-corrected chi connectivity index (χ0v) is 13.9. The van der Waals surface area contributed by atoms with Crippen molar-refractivity contribution < 1.29 is 13.2 Å². The number of methoxy groups -OCH3 is 1. The van der Waals surface area contributed by atoms with Gasteiger partial charge in [0, 0.05) is 25.9 Å². The molecule has 0 fully saturated rings. The molecule has 1 atom stereocenters. The Morgan fingerprint density at radius 2 is 2.10 bits per heavy atom. The molecular weight excluding hydrogens is 290 g/mol. The highest BCUT2D eigenvalue weighted by atomic mass is 32.2. The summed E-state index contributed by atoms with van der Waals surface area (Å²) in [6, 6.07) is 3.14. The third-order valence-corrected chi connectivity index (χ3v) is 4.50. The lowest BCUT2D eigenvalue weighted by molar-refractivity contribution is 0.157. The molecule has 120 valence electrons. The Morgan fingerprint density at radius 3 is 2.67 bits per heavy atom. The van der Waals surface area contributed by atoms with Crippen molar-refractivity contribution in [3.63, 3.8) is 0 Å². The predicted molar refractivity (Wildman–Crippen MR) is 83.8 cm³/mol. The molecule has 2 N–H and O–H groups in total. The van der Waals surface area contributed by atoms with Crippen molar-refractivity contribution in [1.82, 2.24) is 9.71 Å². The van der Waals surface area contributed by atoms with Crippen LogP contribution in [0.2, 0.25) is 0 Å². The molecule has 1 unspecified atom stereocenters. The first-order valence-corrected chi connectivity index (χ1v) is 8.60. The number of hydrogen-bond donors (Lipinski definition) is 2. The van der Waals surface area contributed by atoms with Crippen LogP contribution in [0, 0.1) is 5.92 Å². The molecule has 21 heavy (non-hydrogen) atoms. The van der Waals surface area contributed by atoms with E-state index < -0.39 is 10.0 Å². The Morgan fingerprint density at radius 1 is 1.38 bits per heavy atom. The molecular formula is C14H25N3O3S. The van der Waals surface area contributed by atoms with Gasteiger partial charge >= 0.3 is 0 Å². The average Bonchev–Trinajstić information content (AvgIpc) is 2.44. The fraction of sp³-hybridized carbons (Fsp3) is 0.643. The number of ether oxygens (including phenoxy) is 1. The molecule has 7 heteroatoms. The quantitative estimate of drug-likeness (QED) is 0.727. The van der Waals surface area contributed by atoms with E-state index in [2.05, 4.69) is 15.0 Å². The molecule has 0 saturated carbocycles. The fourth-order valence-electron chi connectivity index (χ4n) is 1.80. The molecule has 1 aromatic rings. The molecule has 0 aromatic carbocycles. The second-order valence-electron chi connectivity index (χ2n) is 5.21. The van der Waals surface area contributed by atoms with Crippen LogP contribution in [0.4, 0.5) is 5.69 Å². The van der Waals surface area contributed by atoms with Crippen LogP contribution in [0.3, 0.4) is 0 Å². The fourth-order valence-corrected chi connectivity index (χ4v) is 3.28. The van der Waals surface area contributed by atoms with Crippen LogP contribution < -0.4 is 10.0 Å². The van der Waals surface area contributed by atoms with Gasteiger partial charge in [-0.15, -0.1) is 0 Å². The van der Waals surface area contributed by atoms with Crippen molar-refractivity contribution in [3.05, 3.63) is 18.3 Å². The number of hydrogen-bond acceptors (Lipinski definition) is 5. The maximum atomic E-state index is 12.5. The van der Waals surface area contributed by atoms with E-state index in [1.54, 1.807) is 19.2 Å². The molecule has 0 radical (unpaired) electrons. The van der Waals surface area contributed by atoms with Gasteiger partial charge in [0.2, 0.25) is 0 Å². The van der Waals surface area contributed by atoms with Gasteiger partial charge in [-0.05, 0) is 24.5 Å². The highest BCUT2D eigenvalue weighted by Crippen LogP contribution is 2.19. The summed E-state index contributed by atoms with van der Waals surface area (Å²) < 4.78 is 32.8. The summed E-state index contributed by atoms with van der Waals surface area (Å²) in [5.74, 6) is 0.121. The number of nitrogens with zero attached hydrogens (tertiary/aromatic N) is 1. The first kappa shape index (κ1) is 17.9. The second kappa shape index (κ2) is 8.31. The topological polar surface area (TPSA) is 80.3 Å². The number of anilines is 1. The first-order valence-electron chi connectivity index (χ1n) is 7.12. The van der Waals surface area contributed by atoms with E-state index in [1.165, 1.54) is 6.20 Å². The highest BCUT2D eigenvalue weighted by molar-refractivity contribution is 7.89. The summed E-state index contributed by atoms with van der Waals surface area (Å²) in [7, 11) is -2.14. The molecule has 1 rings (SSSR count). The maximum Gasteiger partial charge on any atom is 0.260 e. The van der Waals surface area contributed by atoms with Gasteiger partial charge in [0.25, 0.3) is 10.0 Å². The molecule has 0 aliphatic rings. The minimum atomic E-state index is -3.69. The van der Waals surface area contributed by atoms with E-state index >= 15 is 0 Å². The summed E-state index contributed by atoms with van der Waals surface area (Å²) >= 11 is 0. The van der Waals surface area contributed by atoms with Crippen molar-refractivity contribution in [2.24, 2.45) is 5.92 Å². The number of pyridine rings is 1. The van der Waals surface area contributed by atoms with Gasteiger partial charge < -0.3 is 10.1 Å². The summed E-state index contributed by atoms with van der Waals surface area (Å²) in [4.78, 5) is 4.02. The van der Waals surface area contributed by atoms with Gasteiger partial charge in [0.05, 0.1) is 12.3 Å². The number of sulfonamides is 1. The number of rotatable bonds is 9. The minimum Gasteiger partial charge on any atom is -0.383 e. The van der Waals surface area contributed by atoms with Gasteiger partial charge in [-0.2, -0.15) is 0 Å². The summed E-state index contributed by atoms with van der Waals surface area (Å²) in [5, 5.41) is 3.12. The third-order valence-electron chi connectivity index (χ3n) is 3.05. The van der Waals surface area contributed by atoms with E-state index in [0.29, 0.717) is 18.8 Å². The lowest BCUT2D eigenvalue weighted by atomic mass is 10.1. The Hall–Kier alpha value is -1.18. The van der Waals surface area contributed by atoms with Crippen molar-refractivity contribution in [2.75, 3.05) is 25.6 Å². The Labute approximate surface area is 127 Å². The van der Waals surface area contributed by atoms with Crippen LogP contribution in [0.1, 0.15) is 27.2 Å². The standard InChI is InChI=1S/C14H25N3O3S/c1-5-8-15-12-7-6-9-16-14(12)21(18,19)17-13(10-20-4)11(2)3/h6-7,9,11,13,15,17H,5,8,10H2,1-4H3. The molecule has 0 aliphatic heterocycles. The maximum absolute atomic E-state index is 12.5. The van der Waals surface area contributed by atoms with Crippen LogP contribution in [0.25, 0.3) is 0 Å². The van der Waals surface area contributed by atoms with Gasteiger partial charge in [-0.1, -0.05) is 20.8 Å². The van der Waals surface area contributed by atoms with E-state index in [9.17, 15) is 8.42 Å². The first-order chi connectivity index (χ1) is 9.92. The number of aromatic nitrogens is 1. The zero-order chi connectivity index (χ0) is 15.9. The van der Waals surface area contributed by atoms with Gasteiger partial charge in [0.15, 0.2) is 5.03 Å². The Balaban J connectivity index is 3.01. The normalized spacial score (nSPS) is 13.4. The molecule has 1 heterocycles. The smallest absolute Gasteiger partial charge is 0.260 e. The van der Waals surface area contributed by atoms with Crippen LogP contribution in [-0.4, -0.2) is 39.7 Å². The highest BCUT2D eigenvalue weighted by Gasteiger charge is 2.25. The Bertz CT molecular complexity index is 532. The van der Waals surface area contributed by atoms with Gasteiger partial charge in [-0.3, -0.25) is 0 Å². The lowest BCUT2D eigenvalue weighted by Crippen LogP contribution is -2.42. The average molecular weight is 315 g/mol. The van der Waals surface area contributed by atoms with Crippen molar-refractivity contribution in [3.8, 4) is 0 Å². The molecule has 0 amide bonds. The molecule has 6 nitrogen and oxygen atoms in total. The van der Waals surface area contributed by atoms with E-state index in [1.807, 2.05) is 20.8 Å². The molecule has 1 aromatic heterocycles. The van der Waals surface area contributed by atoms with E-state index in [4.69, 9.17) is 4.74 Å². The monoisotopic (exact) mass is 315 g/mol. The second-order valence-corrected chi connectivity index (χ2v) is 6.84. The SMILES string of the molecule is CCCNc1cccnc1S(=O)(=O)NC(COC)C(C)C. The van der Waals surface area contributed by atoms with Crippen LogP contribution >= 0.6 is 0 Å². The molecule has 0 aliphatic carbocycles. The largest absolute Gasteiger partial charge is 0.383 e. The van der Waals surface area contributed by atoms with Gasteiger partial charge in [-0.25, -0.2) is 18.1 Å². The van der Waals surface area contributed by atoms with Crippen molar-refractivity contribution in [1.29, 1.82) is 0 Å². The minimum absolute atomic E-state index is 0.0280. The molecule has 0 spiro atoms. The summed E-state index contributed by atoms with van der Waals surface area (Å²) in [5.41, 5.74) is 0.520. The van der Waals surface area contributed by atoms with Crippen LogP contribution in [0.15, 0.2) is 23.4 Å². The zero-order valence-electron chi connectivity index (χ0n) is 13.1. The van der Waals surface area contributed by atoms with Gasteiger partial charge in [0.1, 0.15) is 0 Å². The summed E-state index contributed by atoms with van der Waals surface area (Å²) in [6.45, 7) is 6.92. The summed E-state index contributed by atoms with van der Waals surface area (Å²) in [6.07, 6.45) is 2.38. The lowest BCUT2D eigenvalue weighted by Gasteiger charge is -2.22. The number of nitrogens with one attached hydrogen (secondary N) is 2. The Kier molecular flexibility index (Phi) is 7.07. The van der Waals surface area contributed by atoms with Crippen molar-refractivity contribution in [2.45, 2.75) is 38.3 Å². The molecule has 0 saturated heterocycles.